The van der Waals surface area contributed by atoms with Gasteiger partial charge in [-0.3, -0.25) is 0 Å². The van der Waals surface area contributed by atoms with Gasteiger partial charge in [0.25, 0.3) is 0 Å². The summed E-state index contributed by atoms with van der Waals surface area (Å²) in [6, 6.07) is 0. The van der Waals surface area contributed by atoms with Gasteiger partial charge in [-0.15, -0.1) is 0 Å². The Morgan fingerprint density at radius 2 is 1.67 bits per heavy atom. The van der Waals surface area contributed by atoms with Crippen molar-refractivity contribution in [2.75, 3.05) is 27.7 Å². The molecule has 9 heavy (non-hydrogen) atoms. The van der Waals surface area contributed by atoms with Crippen LogP contribution >= 0.6 is 0 Å². The molecule has 0 saturated heterocycles. The van der Waals surface area contributed by atoms with Crippen molar-refractivity contribution in [1.82, 2.24) is 0 Å². The standard InChI is InChI=1S/C6H16NO2/c1-7(2,3)5-4-6(8)9/h6,8-9H,4-5H2,1-3H3/q+1. The van der Waals surface area contributed by atoms with Crippen LogP contribution in [0.3, 0.4) is 0 Å². The number of hydrogen-bond donors (Lipinski definition) is 2. The van der Waals surface area contributed by atoms with Crippen LogP contribution < -0.4 is 0 Å². The monoisotopic (exact) mass is 134 g/mol. The molecule has 0 saturated carbocycles. The van der Waals surface area contributed by atoms with Gasteiger partial charge in [0.2, 0.25) is 0 Å². The van der Waals surface area contributed by atoms with Crippen molar-refractivity contribution >= 4 is 0 Å². The third-order valence-electron chi connectivity index (χ3n) is 1.06. The maximum atomic E-state index is 8.46. The molecule has 0 atom stereocenters. The SMILES string of the molecule is C[N+](C)(C)CCC(O)O. The molecule has 3 nitrogen and oxygen atoms in total. The van der Waals surface area contributed by atoms with Crippen LogP contribution in [0, 0.1) is 0 Å². The van der Waals surface area contributed by atoms with E-state index in [2.05, 4.69) is 0 Å². The summed E-state index contributed by atoms with van der Waals surface area (Å²) in [5.41, 5.74) is 0. The van der Waals surface area contributed by atoms with E-state index < -0.39 is 6.29 Å². The molecule has 0 radical (unpaired) electrons. The first-order chi connectivity index (χ1) is 3.92. The molecule has 0 aromatic carbocycles. The van der Waals surface area contributed by atoms with Crippen LogP contribution in [0.4, 0.5) is 0 Å². The Morgan fingerprint density at radius 3 is 1.78 bits per heavy atom. The van der Waals surface area contributed by atoms with Crippen LogP contribution in [0.2, 0.25) is 0 Å². The Morgan fingerprint density at radius 1 is 1.22 bits per heavy atom. The molecule has 0 aromatic rings. The van der Waals surface area contributed by atoms with Crippen LogP contribution in [0.25, 0.3) is 0 Å². The zero-order valence-corrected chi connectivity index (χ0v) is 6.33. The second kappa shape index (κ2) is 3.15. The number of nitrogens with zero attached hydrogens (tertiary/aromatic N) is 1. The van der Waals surface area contributed by atoms with Crippen LogP contribution in [-0.2, 0) is 0 Å². The minimum Gasteiger partial charge on any atom is -0.368 e. The van der Waals surface area contributed by atoms with Crippen molar-refractivity contribution in [2.45, 2.75) is 12.7 Å². The van der Waals surface area contributed by atoms with E-state index in [1.807, 2.05) is 21.1 Å². The normalized spacial score (nSPS) is 12.7. The third kappa shape index (κ3) is 7.88. The molecule has 0 unspecified atom stereocenters. The number of quaternary nitrogens is 1. The van der Waals surface area contributed by atoms with Crippen molar-refractivity contribution in [3.8, 4) is 0 Å². The summed E-state index contributed by atoms with van der Waals surface area (Å²) < 4.78 is 0.775. The van der Waals surface area contributed by atoms with Gasteiger partial charge in [0.15, 0.2) is 6.29 Å². The lowest BCUT2D eigenvalue weighted by atomic mass is 10.4. The molecule has 3 heteroatoms. The summed E-state index contributed by atoms with van der Waals surface area (Å²) in [5, 5.41) is 16.9. The second-order valence-corrected chi connectivity index (χ2v) is 3.28. The molecular formula is C6H16NO2+. The zero-order valence-electron chi connectivity index (χ0n) is 6.33. The van der Waals surface area contributed by atoms with Crippen LogP contribution in [-0.4, -0.2) is 48.7 Å². The first-order valence-corrected chi connectivity index (χ1v) is 3.08. The predicted octanol–water partition coefficient (Wildman–Crippen LogP) is -0.607. The molecule has 0 spiro atoms. The first-order valence-electron chi connectivity index (χ1n) is 3.08. The predicted molar refractivity (Wildman–Crippen MR) is 35.7 cm³/mol. The lowest BCUT2D eigenvalue weighted by molar-refractivity contribution is -0.871. The van der Waals surface area contributed by atoms with Crippen LogP contribution in [0.1, 0.15) is 6.42 Å². The van der Waals surface area contributed by atoms with E-state index in [9.17, 15) is 0 Å². The average molecular weight is 134 g/mol. The van der Waals surface area contributed by atoms with Crippen molar-refractivity contribution < 1.29 is 14.7 Å². The number of aliphatic hydroxyl groups excluding tert-OH is 1. The van der Waals surface area contributed by atoms with Gasteiger partial charge in [0, 0.05) is 6.42 Å². The fourth-order valence-electron chi connectivity index (χ4n) is 0.503. The summed E-state index contributed by atoms with van der Waals surface area (Å²) in [5.74, 6) is 0. The molecule has 0 aliphatic rings. The lowest BCUT2D eigenvalue weighted by Crippen LogP contribution is -2.36. The Labute approximate surface area is 56.1 Å². The minimum absolute atomic E-state index is 0.448. The maximum absolute atomic E-state index is 8.46. The van der Waals surface area contributed by atoms with E-state index >= 15 is 0 Å². The molecule has 0 aliphatic heterocycles. The molecule has 0 rings (SSSR count). The number of rotatable bonds is 3. The molecule has 0 aromatic heterocycles. The molecule has 0 fully saturated rings. The first kappa shape index (κ1) is 8.88. The van der Waals surface area contributed by atoms with Gasteiger partial charge in [-0.1, -0.05) is 0 Å². The van der Waals surface area contributed by atoms with Crippen LogP contribution in [0.15, 0.2) is 0 Å². The molecular weight excluding hydrogens is 118 g/mol. The van der Waals surface area contributed by atoms with Crippen molar-refractivity contribution in [1.29, 1.82) is 0 Å². The Balaban J connectivity index is 3.28. The summed E-state index contributed by atoms with van der Waals surface area (Å²) in [6.07, 6.45) is -0.703. The van der Waals surface area contributed by atoms with Crippen LogP contribution in [0.5, 0.6) is 0 Å². The quantitative estimate of drug-likeness (QED) is 0.399. The summed E-state index contributed by atoms with van der Waals surface area (Å²) >= 11 is 0. The fourth-order valence-corrected chi connectivity index (χ4v) is 0.503. The van der Waals surface area contributed by atoms with Gasteiger partial charge in [-0.25, -0.2) is 0 Å². The van der Waals surface area contributed by atoms with Gasteiger partial charge in [-0.2, -0.15) is 0 Å². The van der Waals surface area contributed by atoms with Gasteiger partial charge >= 0.3 is 0 Å². The fraction of sp³-hybridized carbons (Fsp3) is 1.00. The van der Waals surface area contributed by atoms with E-state index in [4.69, 9.17) is 10.2 Å². The lowest BCUT2D eigenvalue weighted by Gasteiger charge is -2.23. The highest BCUT2D eigenvalue weighted by molar-refractivity contribution is 4.35. The van der Waals surface area contributed by atoms with E-state index in [0.717, 1.165) is 11.0 Å². The molecule has 0 heterocycles. The molecule has 56 valence electrons. The summed E-state index contributed by atoms with van der Waals surface area (Å²) in [6.45, 7) is 0.789. The second-order valence-electron chi connectivity index (χ2n) is 3.28. The molecule has 0 amide bonds. The minimum atomic E-state index is -1.15. The zero-order chi connectivity index (χ0) is 7.49. The largest absolute Gasteiger partial charge is 0.368 e. The number of aliphatic hydroxyl groups is 2. The van der Waals surface area contributed by atoms with E-state index in [-0.39, 0.29) is 0 Å². The smallest absolute Gasteiger partial charge is 0.156 e. The van der Waals surface area contributed by atoms with Gasteiger partial charge in [0.05, 0.1) is 27.7 Å². The van der Waals surface area contributed by atoms with Gasteiger partial charge in [0.1, 0.15) is 0 Å². The molecule has 2 N–H and O–H groups in total. The maximum Gasteiger partial charge on any atom is 0.156 e. The Hall–Kier alpha value is -0.120. The van der Waals surface area contributed by atoms with E-state index in [1.54, 1.807) is 0 Å². The van der Waals surface area contributed by atoms with Crippen molar-refractivity contribution in [2.24, 2.45) is 0 Å². The highest BCUT2D eigenvalue weighted by Crippen LogP contribution is 1.94. The average Bonchev–Trinajstić information content (AvgIpc) is 1.59. The molecule has 0 bridgehead atoms. The molecule has 0 aliphatic carbocycles. The third-order valence-corrected chi connectivity index (χ3v) is 1.06. The number of hydrogen-bond acceptors (Lipinski definition) is 2. The summed E-state index contributed by atoms with van der Waals surface area (Å²) in [4.78, 5) is 0. The van der Waals surface area contributed by atoms with Gasteiger partial charge in [-0.05, 0) is 0 Å². The van der Waals surface area contributed by atoms with E-state index in [1.165, 1.54) is 0 Å². The highest BCUT2D eigenvalue weighted by Gasteiger charge is 2.08. The van der Waals surface area contributed by atoms with E-state index in [0.29, 0.717) is 6.42 Å². The Bertz CT molecular complexity index is 75.6. The highest BCUT2D eigenvalue weighted by atomic mass is 16.5. The van der Waals surface area contributed by atoms with Crippen molar-refractivity contribution in [3.63, 3.8) is 0 Å². The van der Waals surface area contributed by atoms with Gasteiger partial charge < -0.3 is 14.7 Å². The Kier molecular flexibility index (Phi) is 3.11. The summed E-state index contributed by atoms with van der Waals surface area (Å²) in [7, 11) is 6.05. The topological polar surface area (TPSA) is 40.5 Å². The van der Waals surface area contributed by atoms with Crippen molar-refractivity contribution in [3.05, 3.63) is 0 Å².